The van der Waals surface area contributed by atoms with Gasteiger partial charge in [0, 0.05) is 56.9 Å². The van der Waals surface area contributed by atoms with Gasteiger partial charge in [0.1, 0.15) is 0 Å². The fourth-order valence-electron chi connectivity index (χ4n) is 13.0. The van der Waals surface area contributed by atoms with Crippen LogP contribution in [0.15, 0.2) is 291 Å². The van der Waals surface area contributed by atoms with Crippen LogP contribution in [0.25, 0.3) is 52.4 Å². The van der Waals surface area contributed by atoms with Crippen molar-refractivity contribution in [2.24, 2.45) is 0 Å². The van der Waals surface area contributed by atoms with Gasteiger partial charge in [-0.25, -0.2) is 9.97 Å². The highest BCUT2D eigenvalue weighted by Gasteiger charge is 2.43. The second-order valence-corrected chi connectivity index (χ2v) is 23.9. The van der Waals surface area contributed by atoms with Gasteiger partial charge in [0.15, 0.2) is 9.92 Å². The maximum atomic E-state index is 7.45. The fraction of sp³-hybridized carbons (Fsp3) is 0. The van der Waals surface area contributed by atoms with Crippen molar-refractivity contribution in [3.63, 3.8) is 0 Å². The highest BCUT2D eigenvalue weighted by Crippen LogP contribution is 2.49. The number of halogens is 1. The molecule has 86 heavy (non-hydrogen) atoms. The van der Waals surface area contributed by atoms with Crippen LogP contribution in [0.5, 0.6) is 0 Å². The molecule has 0 bridgehead atoms. The standard InChI is InChI=1S/C37H23BN4S.C37H25ClN4S/c1-3-12-24(13-4-1)40-29-17-8-7-16-26(29)38-27-22-28-34(42-30-18-9-10-21-35(30)43-37(42)39-28)23-33(27)41(25-14-5-2-6-15-25)32-20-11-19-31(40)36(32)38;38-36-32(40(26-13-4-1-5-14-26)27-15-6-2-7-16-27)20-12-21-33(36)41(28-17-8-3-9-18-28)29-23-24-30-34(25-29)42-31-19-10-11-22-35(31)43-37(42)39-30/h1-23H;1-25H. The summed E-state index contributed by atoms with van der Waals surface area (Å²) in [5, 5.41) is 0.651. The molecule has 16 aromatic rings. The van der Waals surface area contributed by atoms with E-state index in [2.05, 4.69) is 301 Å². The summed E-state index contributed by atoms with van der Waals surface area (Å²) in [5.41, 5.74) is 23.5. The predicted molar refractivity (Wildman–Crippen MR) is 365 cm³/mol. The van der Waals surface area contributed by atoms with E-state index in [4.69, 9.17) is 21.6 Å². The van der Waals surface area contributed by atoms with Crippen molar-refractivity contribution in [3.8, 4) is 0 Å². The van der Waals surface area contributed by atoms with E-state index in [1.807, 2.05) is 18.2 Å². The number of nitrogens with zero attached hydrogens (tertiary/aromatic N) is 8. The number of hydrogen-bond donors (Lipinski definition) is 0. The SMILES string of the molecule is Clc1c(N(c2ccccc2)c2ccccc2)cccc1N(c1ccccc1)c1ccc2nc3sc4ccccc4n3c2c1.c1ccc(N2c3ccccc3B3c4cc5nc6sc7ccccc7n6c5cc4N(c4ccccc4)c4cccc2c43)cc1. The second-order valence-electron chi connectivity index (χ2n) is 21.5. The Kier molecular flexibility index (Phi) is 11.9. The van der Waals surface area contributed by atoms with Crippen LogP contribution < -0.4 is 36.0 Å². The molecule has 0 radical (unpaired) electrons. The van der Waals surface area contributed by atoms with Crippen molar-refractivity contribution in [3.05, 3.63) is 296 Å². The Hall–Kier alpha value is -10.4. The van der Waals surface area contributed by atoms with E-state index >= 15 is 0 Å². The molecule has 12 aromatic carbocycles. The summed E-state index contributed by atoms with van der Waals surface area (Å²) in [4.78, 5) is 21.5. The van der Waals surface area contributed by atoms with Gasteiger partial charge in [0.25, 0.3) is 6.71 Å². The summed E-state index contributed by atoms with van der Waals surface area (Å²) in [7, 11) is 0. The van der Waals surface area contributed by atoms with Gasteiger partial charge in [-0.1, -0.05) is 180 Å². The summed E-state index contributed by atoms with van der Waals surface area (Å²) in [6.07, 6.45) is 0. The quantitative estimate of drug-likeness (QED) is 0.141. The third-order valence-electron chi connectivity index (χ3n) is 16.6. The first kappa shape index (κ1) is 50.1. The van der Waals surface area contributed by atoms with E-state index in [0.717, 1.165) is 83.0 Å². The van der Waals surface area contributed by atoms with Gasteiger partial charge in [0.05, 0.1) is 58.9 Å². The number of para-hydroxylation sites is 8. The third-order valence-corrected chi connectivity index (χ3v) is 19.1. The molecule has 2 aliphatic heterocycles. The first-order valence-corrected chi connectivity index (χ1v) is 30.7. The van der Waals surface area contributed by atoms with Gasteiger partial charge in [-0.05, 0) is 162 Å². The lowest BCUT2D eigenvalue weighted by atomic mass is 9.33. The van der Waals surface area contributed by atoms with Gasteiger partial charge in [-0.2, -0.15) is 0 Å². The number of imidazole rings is 2. The molecule has 0 fully saturated rings. The average molecular weight is 1160 g/mol. The minimum Gasteiger partial charge on any atom is -0.311 e. The van der Waals surface area contributed by atoms with Crippen molar-refractivity contribution in [1.29, 1.82) is 0 Å². The first-order valence-electron chi connectivity index (χ1n) is 28.7. The first-order chi connectivity index (χ1) is 42.6. The monoisotopic (exact) mass is 1160 g/mol. The zero-order valence-electron chi connectivity index (χ0n) is 46.1. The topological polar surface area (TPSA) is 47.6 Å². The average Bonchev–Trinajstić information content (AvgIpc) is 0.986. The minimum absolute atomic E-state index is 0.0817. The maximum Gasteiger partial charge on any atom is 0.252 e. The Morgan fingerprint density at radius 3 is 1.35 bits per heavy atom. The summed E-state index contributed by atoms with van der Waals surface area (Å²) in [6, 6.07) is 103. The number of fused-ring (bicyclic) bond motifs is 14. The van der Waals surface area contributed by atoms with E-state index < -0.39 is 0 Å². The summed E-state index contributed by atoms with van der Waals surface area (Å²) >= 11 is 10.9. The number of thiazole rings is 2. The molecule has 0 atom stereocenters. The van der Waals surface area contributed by atoms with Crippen molar-refractivity contribution in [2.45, 2.75) is 0 Å². The van der Waals surface area contributed by atoms with Gasteiger partial charge in [-0.15, -0.1) is 0 Å². The van der Waals surface area contributed by atoms with Crippen molar-refractivity contribution in [1.82, 2.24) is 18.8 Å². The number of hydrogen-bond acceptors (Lipinski definition) is 8. The molecule has 18 rings (SSSR count). The van der Waals surface area contributed by atoms with Crippen molar-refractivity contribution < 1.29 is 0 Å². The lowest BCUT2D eigenvalue weighted by molar-refractivity contribution is 1.25. The molecule has 406 valence electrons. The number of benzene rings is 12. The lowest BCUT2D eigenvalue weighted by Crippen LogP contribution is -2.61. The van der Waals surface area contributed by atoms with Crippen LogP contribution in [-0.4, -0.2) is 25.5 Å². The summed E-state index contributed by atoms with van der Waals surface area (Å²) in [5.74, 6) is 0. The van der Waals surface area contributed by atoms with Crippen LogP contribution in [0.4, 0.5) is 68.2 Å². The normalized spacial score (nSPS) is 12.4. The molecular weight excluding hydrogens is 1110 g/mol. The van der Waals surface area contributed by atoms with Gasteiger partial charge in [0.2, 0.25) is 0 Å². The second kappa shape index (κ2) is 20.4. The van der Waals surface area contributed by atoms with Gasteiger partial charge < -0.3 is 19.6 Å². The largest absolute Gasteiger partial charge is 0.311 e. The zero-order chi connectivity index (χ0) is 56.8. The Labute approximate surface area is 509 Å². The minimum atomic E-state index is 0.0817. The van der Waals surface area contributed by atoms with E-state index in [9.17, 15) is 0 Å². The van der Waals surface area contributed by atoms with Crippen LogP contribution in [0, 0.1) is 0 Å². The summed E-state index contributed by atoms with van der Waals surface area (Å²) in [6.45, 7) is 0.0817. The smallest absolute Gasteiger partial charge is 0.252 e. The molecule has 0 unspecified atom stereocenters. The van der Waals surface area contributed by atoms with E-state index in [0.29, 0.717) is 5.02 Å². The molecule has 2 aliphatic rings. The van der Waals surface area contributed by atoms with Crippen LogP contribution >= 0.6 is 34.3 Å². The van der Waals surface area contributed by atoms with Crippen LogP contribution in [0.1, 0.15) is 0 Å². The van der Waals surface area contributed by atoms with Crippen molar-refractivity contribution >= 4 is 178 Å². The molecule has 0 aliphatic carbocycles. The Morgan fingerprint density at radius 2 is 0.779 bits per heavy atom. The highest BCUT2D eigenvalue weighted by molar-refractivity contribution is 7.24. The van der Waals surface area contributed by atoms with Crippen LogP contribution in [-0.2, 0) is 0 Å². The Bertz CT molecular complexity index is 5210. The molecule has 0 saturated carbocycles. The molecular formula is C74H48BClN8S2. The molecule has 0 saturated heterocycles. The van der Waals surface area contributed by atoms with Crippen LogP contribution in [0.2, 0.25) is 5.02 Å². The highest BCUT2D eigenvalue weighted by atomic mass is 35.5. The van der Waals surface area contributed by atoms with E-state index in [1.54, 1.807) is 22.7 Å². The Balaban J connectivity index is 0.000000134. The molecule has 0 amide bonds. The number of rotatable bonds is 8. The van der Waals surface area contributed by atoms with Crippen molar-refractivity contribution in [2.75, 3.05) is 19.6 Å². The van der Waals surface area contributed by atoms with Gasteiger partial charge >= 0.3 is 0 Å². The number of anilines is 12. The molecule has 4 aromatic heterocycles. The molecule has 12 heteroatoms. The van der Waals surface area contributed by atoms with E-state index in [1.165, 1.54) is 54.1 Å². The Morgan fingerprint density at radius 1 is 0.337 bits per heavy atom. The number of aromatic nitrogens is 4. The summed E-state index contributed by atoms with van der Waals surface area (Å²) < 4.78 is 7.06. The van der Waals surface area contributed by atoms with E-state index in [-0.39, 0.29) is 6.71 Å². The maximum absolute atomic E-state index is 7.45. The third kappa shape index (κ3) is 8.04. The molecule has 0 N–H and O–H groups in total. The molecule has 8 nitrogen and oxygen atoms in total. The predicted octanol–water partition coefficient (Wildman–Crippen LogP) is 19.1. The van der Waals surface area contributed by atoms with Crippen LogP contribution in [0.3, 0.4) is 0 Å². The van der Waals surface area contributed by atoms with Gasteiger partial charge in [-0.3, -0.25) is 8.80 Å². The molecule has 0 spiro atoms. The molecule has 6 heterocycles. The lowest BCUT2D eigenvalue weighted by Gasteiger charge is -2.44. The fourth-order valence-corrected chi connectivity index (χ4v) is 15.4. The zero-order valence-corrected chi connectivity index (χ0v) is 48.5.